The van der Waals surface area contributed by atoms with Gasteiger partial charge in [-0.3, -0.25) is 0 Å². The molecule has 1 N–H and O–H groups in total. The zero-order chi connectivity index (χ0) is 13.9. The highest BCUT2D eigenvalue weighted by molar-refractivity contribution is 5.12. The van der Waals surface area contributed by atoms with Crippen molar-refractivity contribution < 1.29 is 19.0 Å². The summed E-state index contributed by atoms with van der Waals surface area (Å²) in [7, 11) is 0. The van der Waals surface area contributed by atoms with Crippen LogP contribution in [0.4, 0.5) is 0 Å². The number of aliphatic hydroxyl groups is 1. The minimum atomic E-state index is -1.15. The molecule has 1 aliphatic heterocycles. The first-order valence-corrected chi connectivity index (χ1v) is 6.66. The number of allylic oxidation sites excluding steroid dienone is 1. The van der Waals surface area contributed by atoms with Gasteiger partial charge in [-0.15, -0.1) is 0 Å². The molecule has 0 spiro atoms. The lowest BCUT2D eigenvalue weighted by Gasteiger charge is -2.43. The largest absolute Gasteiger partial charge is 0.466 e. The molecule has 106 valence electrons. The molecular formula is C15H22O4. The number of ether oxygens (including phenoxy) is 2. The molecule has 0 saturated carbocycles. The van der Waals surface area contributed by atoms with E-state index in [1.807, 2.05) is 13.0 Å². The van der Waals surface area contributed by atoms with Crippen LogP contribution in [0.1, 0.15) is 39.1 Å². The minimum Gasteiger partial charge on any atom is -0.466 e. The third kappa shape index (κ3) is 3.08. The summed E-state index contributed by atoms with van der Waals surface area (Å²) >= 11 is 0. The highest BCUT2D eigenvalue weighted by Crippen LogP contribution is 2.39. The van der Waals surface area contributed by atoms with Crippen LogP contribution >= 0.6 is 0 Å². The number of hydrogen-bond donors (Lipinski definition) is 1. The topological polar surface area (TPSA) is 51.8 Å². The number of furan rings is 1. The van der Waals surface area contributed by atoms with Gasteiger partial charge in [0.05, 0.1) is 19.5 Å². The van der Waals surface area contributed by atoms with Crippen LogP contribution in [0, 0.1) is 5.41 Å². The van der Waals surface area contributed by atoms with E-state index in [4.69, 9.17) is 13.9 Å². The molecule has 0 bridgehead atoms. The van der Waals surface area contributed by atoms with Gasteiger partial charge >= 0.3 is 0 Å². The molecule has 0 amide bonds. The van der Waals surface area contributed by atoms with E-state index >= 15 is 0 Å². The SMILES string of the molecule is CC/C=C/C1(C(O)c2ccco2)OCC(C)(C)CO1. The van der Waals surface area contributed by atoms with Gasteiger partial charge in [-0.1, -0.05) is 26.8 Å². The van der Waals surface area contributed by atoms with E-state index in [9.17, 15) is 5.11 Å². The van der Waals surface area contributed by atoms with Gasteiger partial charge < -0.3 is 19.0 Å². The van der Waals surface area contributed by atoms with Crippen molar-refractivity contribution in [3.8, 4) is 0 Å². The lowest BCUT2D eigenvalue weighted by atomic mass is 9.93. The molecule has 19 heavy (non-hydrogen) atoms. The standard InChI is InChI=1S/C15H22O4/c1-4-5-8-15(13(16)12-7-6-9-17-12)18-10-14(2,3)11-19-15/h5-9,13,16H,4,10-11H2,1-3H3/b8-5+. The summed E-state index contributed by atoms with van der Waals surface area (Å²) in [6, 6.07) is 3.46. The van der Waals surface area contributed by atoms with E-state index in [1.165, 1.54) is 6.26 Å². The quantitative estimate of drug-likeness (QED) is 0.851. The maximum absolute atomic E-state index is 10.5. The second-order valence-electron chi connectivity index (χ2n) is 5.69. The molecular weight excluding hydrogens is 244 g/mol. The van der Waals surface area contributed by atoms with Crippen LogP contribution in [0.15, 0.2) is 35.0 Å². The molecule has 4 heteroatoms. The normalized spacial score (nSPS) is 23.6. The van der Waals surface area contributed by atoms with E-state index in [-0.39, 0.29) is 5.41 Å². The predicted molar refractivity (Wildman–Crippen MR) is 71.5 cm³/mol. The Labute approximate surface area is 114 Å². The summed E-state index contributed by atoms with van der Waals surface area (Å²) in [5, 5.41) is 10.5. The second kappa shape index (κ2) is 5.49. The minimum absolute atomic E-state index is 0.0492. The molecule has 1 atom stereocenters. The third-order valence-electron chi connectivity index (χ3n) is 3.16. The zero-order valence-corrected chi connectivity index (χ0v) is 11.8. The van der Waals surface area contributed by atoms with E-state index in [0.29, 0.717) is 19.0 Å². The maximum Gasteiger partial charge on any atom is 0.222 e. The summed E-state index contributed by atoms with van der Waals surface area (Å²) in [5.41, 5.74) is -0.0492. The van der Waals surface area contributed by atoms with Crippen LogP contribution < -0.4 is 0 Å². The Morgan fingerprint density at radius 2 is 2.05 bits per heavy atom. The van der Waals surface area contributed by atoms with Gasteiger partial charge in [0.2, 0.25) is 5.79 Å². The first-order valence-electron chi connectivity index (χ1n) is 6.66. The van der Waals surface area contributed by atoms with E-state index in [2.05, 4.69) is 13.8 Å². The van der Waals surface area contributed by atoms with Crippen LogP contribution in [0.2, 0.25) is 0 Å². The van der Waals surface area contributed by atoms with Crippen molar-refractivity contribution in [1.82, 2.24) is 0 Å². The Morgan fingerprint density at radius 1 is 1.37 bits per heavy atom. The fraction of sp³-hybridized carbons (Fsp3) is 0.600. The molecule has 1 aliphatic rings. The number of rotatable bonds is 4. The summed E-state index contributed by atoms with van der Waals surface area (Å²) in [5.74, 6) is -0.705. The highest BCUT2D eigenvalue weighted by Gasteiger charge is 2.46. The van der Waals surface area contributed by atoms with Gasteiger partial charge in [-0.2, -0.15) is 0 Å². The van der Waals surface area contributed by atoms with Gasteiger partial charge in [0.1, 0.15) is 5.76 Å². The second-order valence-corrected chi connectivity index (χ2v) is 5.69. The van der Waals surface area contributed by atoms with Crippen molar-refractivity contribution >= 4 is 0 Å². The summed E-state index contributed by atoms with van der Waals surface area (Å²) in [6.07, 6.45) is 5.13. The smallest absolute Gasteiger partial charge is 0.222 e. The zero-order valence-electron chi connectivity index (χ0n) is 11.8. The molecule has 4 nitrogen and oxygen atoms in total. The molecule has 2 rings (SSSR count). The van der Waals surface area contributed by atoms with Crippen molar-refractivity contribution in [2.45, 2.75) is 39.1 Å². The monoisotopic (exact) mass is 266 g/mol. The molecule has 0 aromatic carbocycles. The van der Waals surface area contributed by atoms with Crippen molar-refractivity contribution in [1.29, 1.82) is 0 Å². The summed E-state index contributed by atoms with van der Waals surface area (Å²) < 4.78 is 17.0. The molecule has 1 unspecified atom stereocenters. The average molecular weight is 266 g/mol. The lowest BCUT2D eigenvalue weighted by Crippen LogP contribution is -2.50. The average Bonchev–Trinajstić information content (AvgIpc) is 2.91. The van der Waals surface area contributed by atoms with Crippen LogP contribution in [0.25, 0.3) is 0 Å². The highest BCUT2D eigenvalue weighted by atomic mass is 16.7. The lowest BCUT2D eigenvalue weighted by molar-refractivity contribution is -0.311. The van der Waals surface area contributed by atoms with Crippen molar-refractivity contribution in [2.24, 2.45) is 5.41 Å². The van der Waals surface area contributed by atoms with Gasteiger partial charge in [0.25, 0.3) is 0 Å². The molecule has 0 radical (unpaired) electrons. The Hall–Kier alpha value is -1.10. The Morgan fingerprint density at radius 3 is 2.58 bits per heavy atom. The molecule has 1 aromatic rings. The first kappa shape index (κ1) is 14.3. The van der Waals surface area contributed by atoms with Gasteiger partial charge in [0.15, 0.2) is 6.10 Å². The Bertz CT molecular complexity index is 409. The first-order chi connectivity index (χ1) is 8.99. The number of aliphatic hydroxyl groups excluding tert-OH is 1. The fourth-order valence-corrected chi connectivity index (χ4v) is 1.97. The van der Waals surface area contributed by atoms with Crippen LogP contribution in [-0.2, 0) is 9.47 Å². The van der Waals surface area contributed by atoms with Crippen molar-refractivity contribution in [2.75, 3.05) is 13.2 Å². The van der Waals surface area contributed by atoms with Gasteiger partial charge in [0, 0.05) is 5.41 Å². The third-order valence-corrected chi connectivity index (χ3v) is 3.16. The Balaban J connectivity index is 2.23. The number of hydrogen-bond acceptors (Lipinski definition) is 4. The molecule has 0 aliphatic carbocycles. The molecule has 1 aromatic heterocycles. The summed E-state index contributed by atoms with van der Waals surface area (Å²) in [4.78, 5) is 0. The van der Waals surface area contributed by atoms with Gasteiger partial charge in [-0.05, 0) is 24.6 Å². The van der Waals surface area contributed by atoms with Crippen molar-refractivity contribution in [3.05, 3.63) is 36.3 Å². The van der Waals surface area contributed by atoms with Crippen LogP contribution in [-0.4, -0.2) is 24.1 Å². The fourth-order valence-electron chi connectivity index (χ4n) is 1.97. The summed E-state index contributed by atoms with van der Waals surface area (Å²) in [6.45, 7) is 7.22. The van der Waals surface area contributed by atoms with Gasteiger partial charge in [-0.25, -0.2) is 0 Å². The maximum atomic E-state index is 10.5. The molecule has 1 fully saturated rings. The van der Waals surface area contributed by atoms with E-state index in [0.717, 1.165) is 6.42 Å². The molecule has 1 saturated heterocycles. The van der Waals surface area contributed by atoms with Crippen LogP contribution in [0.3, 0.4) is 0 Å². The van der Waals surface area contributed by atoms with E-state index < -0.39 is 11.9 Å². The Kier molecular flexibility index (Phi) is 4.13. The van der Waals surface area contributed by atoms with Crippen molar-refractivity contribution in [3.63, 3.8) is 0 Å². The molecule has 2 heterocycles. The van der Waals surface area contributed by atoms with Crippen LogP contribution in [0.5, 0.6) is 0 Å². The predicted octanol–water partition coefficient (Wildman–Crippen LogP) is 3.05. The van der Waals surface area contributed by atoms with E-state index in [1.54, 1.807) is 18.2 Å².